The molecule has 1 saturated heterocycles. The van der Waals surface area contributed by atoms with E-state index < -0.39 is 0 Å². The summed E-state index contributed by atoms with van der Waals surface area (Å²) in [7, 11) is 0. The highest BCUT2D eigenvalue weighted by molar-refractivity contribution is 7.13. The van der Waals surface area contributed by atoms with Crippen LogP contribution in [0.15, 0.2) is 29.8 Å². The van der Waals surface area contributed by atoms with Crippen LogP contribution in [-0.4, -0.2) is 55.3 Å². The molecule has 6 nitrogen and oxygen atoms in total. The monoisotopic (exact) mass is 361 g/mol. The Morgan fingerprint density at radius 1 is 1.36 bits per heavy atom. The summed E-state index contributed by atoms with van der Waals surface area (Å²) in [5.74, 6) is -0.383. The van der Waals surface area contributed by atoms with Gasteiger partial charge in [0.05, 0.1) is 30.2 Å². The summed E-state index contributed by atoms with van der Waals surface area (Å²) < 4.78 is 10.4. The Bertz CT molecular complexity index is 696. The van der Waals surface area contributed by atoms with Crippen molar-refractivity contribution in [3.05, 3.63) is 41.0 Å². The summed E-state index contributed by atoms with van der Waals surface area (Å²) in [5, 5.41) is 0. The lowest BCUT2D eigenvalue weighted by Crippen LogP contribution is -2.40. The zero-order valence-electron chi connectivity index (χ0n) is 14.3. The molecule has 1 aliphatic heterocycles. The molecule has 134 valence electrons. The van der Waals surface area contributed by atoms with Gasteiger partial charge in [-0.25, -0.2) is 9.78 Å². The van der Waals surface area contributed by atoms with E-state index in [0.29, 0.717) is 12.3 Å². The summed E-state index contributed by atoms with van der Waals surface area (Å²) in [5.41, 5.74) is 10.4. The second-order valence-corrected chi connectivity index (χ2v) is 6.75. The molecule has 7 heteroatoms. The van der Waals surface area contributed by atoms with Crippen molar-refractivity contribution in [2.45, 2.75) is 13.0 Å². The van der Waals surface area contributed by atoms with Gasteiger partial charge in [-0.3, -0.25) is 4.90 Å². The van der Waals surface area contributed by atoms with Crippen molar-refractivity contribution in [3.8, 4) is 10.4 Å². The molecule has 0 amide bonds. The molecule has 2 aromatic rings. The number of esters is 1. The predicted octanol–water partition coefficient (Wildman–Crippen LogP) is 2.32. The zero-order valence-corrected chi connectivity index (χ0v) is 15.1. The molecule has 2 heterocycles. The number of morpholine rings is 1. The van der Waals surface area contributed by atoms with Crippen LogP contribution in [0.4, 0.5) is 0 Å². The molecule has 1 aromatic carbocycles. The van der Waals surface area contributed by atoms with Crippen molar-refractivity contribution in [1.29, 1.82) is 0 Å². The van der Waals surface area contributed by atoms with Crippen LogP contribution in [0.25, 0.3) is 10.4 Å². The maximum absolute atomic E-state index is 12.0. The fourth-order valence-corrected chi connectivity index (χ4v) is 3.63. The molecule has 0 saturated carbocycles. The number of hydrogen-bond donors (Lipinski definition) is 1. The predicted molar refractivity (Wildman–Crippen MR) is 97.7 cm³/mol. The maximum atomic E-state index is 12.0. The van der Waals surface area contributed by atoms with E-state index in [1.165, 1.54) is 11.3 Å². The minimum Gasteiger partial charge on any atom is -0.461 e. The molecule has 1 aliphatic rings. The average molecular weight is 361 g/mol. The van der Waals surface area contributed by atoms with Gasteiger partial charge < -0.3 is 15.2 Å². The topological polar surface area (TPSA) is 77.7 Å². The number of thiazole rings is 1. The number of nitrogens with zero attached hydrogens (tertiary/aromatic N) is 2. The van der Waals surface area contributed by atoms with Crippen molar-refractivity contribution in [2.75, 3.05) is 39.5 Å². The molecular weight excluding hydrogens is 338 g/mol. The van der Waals surface area contributed by atoms with Crippen LogP contribution in [0.2, 0.25) is 0 Å². The molecule has 1 fully saturated rings. The van der Waals surface area contributed by atoms with Crippen molar-refractivity contribution < 1.29 is 14.3 Å². The van der Waals surface area contributed by atoms with E-state index >= 15 is 0 Å². The van der Waals surface area contributed by atoms with Gasteiger partial charge in [0.2, 0.25) is 0 Å². The number of rotatable bonds is 6. The van der Waals surface area contributed by atoms with Crippen molar-refractivity contribution >= 4 is 17.3 Å². The third-order valence-electron chi connectivity index (χ3n) is 4.20. The smallest absolute Gasteiger partial charge is 0.358 e. The van der Waals surface area contributed by atoms with E-state index in [1.807, 2.05) is 24.3 Å². The second-order valence-electron chi connectivity index (χ2n) is 5.89. The lowest BCUT2D eigenvalue weighted by Gasteiger charge is -2.29. The Morgan fingerprint density at radius 3 is 2.76 bits per heavy atom. The minimum atomic E-state index is -0.383. The largest absolute Gasteiger partial charge is 0.461 e. The van der Waals surface area contributed by atoms with Gasteiger partial charge in [0.25, 0.3) is 0 Å². The van der Waals surface area contributed by atoms with Crippen molar-refractivity contribution in [3.63, 3.8) is 0 Å². The summed E-state index contributed by atoms with van der Waals surface area (Å²) in [6.45, 7) is 6.34. The van der Waals surface area contributed by atoms with Crippen LogP contribution in [0.5, 0.6) is 0 Å². The Labute approximate surface area is 151 Å². The van der Waals surface area contributed by atoms with Gasteiger partial charge in [0.15, 0.2) is 5.69 Å². The zero-order chi connectivity index (χ0) is 17.6. The van der Waals surface area contributed by atoms with Crippen molar-refractivity contribution in [1.82, 2.24) is 9.88 Å². The summed E-state index contributed by atoms with van der Waals surface area (Å²) in [6, 6.07) is 7.98. The quantitative estimate of drug-likeness (QED) is 0.796. The van der Waals surface area contributed by atoms with Crippen LogP contribution in [-0.2, 0) is 9.47 Å². The van der Waals surface area contributed by atoms with E-state index in [0.717, 1.165) is 48.9 Å². The van der Waals surface area contributed by atoms with Gasteiger partial charge in [0.1, 0.15) is 0 Å². The van der Waals surface area contributed by atoms with E-state index in [1.54, 1.807) is 12.4 Å². The summed E-state index contributed by atoms with van der Waals surface area (Å²) >= 11 is 1.43. The van der Waals surface area contributed by atoms with Crippen LogP contribution in [0.1, 0.15) is 29.0 Å². The van der Waals surface area contributed by atoms with E-state index in [-0.39, 0.29) is 12.0 Å². The fraction of sp³-hybridized carbons (Fsp3) is 0.444. The molecule has 0 bridgehead atoms. The molecule has 0 aliphatic carbocycles. The second kappa shape index (κ2) is 8.53. The first-order valence-electron chi connectivity index (χ1n) is 8.45. The van der Waals surface area contributed by atoms with E-state index in [2.05, 4.69) is 9.88 Å². The Kier molecular flexibility index (Phi) is 6.14. The van der Waals surface area contributed by atoms with Gasteiger partial charge in [-0.05, 0) is 18.1 Å². The number of aromatic nitrogens is 1. The molecule has 3 rings (SSSR count). The molecule has 0 radical (unpaired) electrons. The number of ether oxygens (including phenoxy) is 2. The first kappa shape index (κ1) is 18.0. The minimum absolute atomic E-state index is 0.0434. The molecule has 25 heavy (non-hydrogen) atoms. The molecule has 1 atom stereocenters. The molecule has 0 spiro atoms. The standard InChI is InChI=1S/C18H23N3O3S/c1-2-24-18(22)16-17(25-12-20-16)14-5-3-13(4-6-14)15(19)11-21-7-9-23-10-8-21/h3-6,12,15H,2,7-11,19H2,1H3/t15-/m0/s1. The lowest BCUT2D eigenvalue weighted by atomic mass is 10.0. The summed E-state index contributed by atoms with van der Waals surface area (Å²) in [6.07, 6.45) is 0. The average Bonchev–Trinajstić information content (AvgIpc) is 3.13. The Hall–Kier alpha value is -1.80. The lowest BCUT2D eigenvalue weighted by molar-refractivity contribution is 0.0352. The highest BCUT2D eigenvalue weighted by atomic mass is 32.1. The molecular formula is C18H23N3O3S. The van der Waals surface area contributed by atoms with Gasteiger partial charge in [-0.2, -0.15) is 0 Å². The van der Waals surface area contributed by atoms with E-state index in [4.69, 9.17) is 15.2 Å². The number of carbonyl (C=O) groups is 1. The fourth-order valence-electron chi connectivity index (χ4n) is 2.84. The number of carbonyl (C=O) groups excluding carboxylic acids is 1. The molecule has 2 N–H and O–H groups in total. The normalized spacial score (nSPS) is 16.6. The van der Waals surface area contributed by atoms with Gasteiger partial charge in [-0.1, -0.05) is 24.3 Å². The van der Waals surface area contributed by atoms with Gasteiger partial charge in [0, 0.05) is 25.7 Å². The first-order valence-corrected chi connectivity index (χ1v) is 9.33. The molecule has 1 aromatic heterocycles. The number of nitrogens with two attached hydrogens (primary N) is 1. The third kappa shape index (κ3) is 4.43. The van der Waals surface area contributed by atoms with Crippen LogP contribution < -0.4 is 5.73 Å². The molecule has 0 unspecified atom stereocenters. The van der Waals surface area contributed by atoms with Crippen LogP contribution in [0, 0.1) is 0 Å². The van der Waals surface area contributed by atoms with Gasteiger partial charge in [-0.15, -0.1) is 11.3 Å². The van der Waals surface area contributed by atoms with Gasteiger partial charge >= 0.3 is 5.97 Å². The van der Waals surface area contributed by atoms with Crippen molar-refractivity contribution in [2.24, 2.45) is 5.73 Å². The Morgan fingerprint density at radius 2 is 2.08 bits per heavy atom. The Balaban J connectivity index is 1.70. The highest BCUT2D eigenvalue weighted by Crippen LogP contribution is 2.29. The maximum Gasteiger partial charge on any atom is 0.358 e. The van der Waals surface area contributed by atoms with E-state index in [9.17, 15) is 4.79 Å². The number of hydrogen-bond acceptors (Lipinski definition) is 7. The third-order valence-corrected chi connectivity index (χ3v) is 5.07. The van der Waals surface area contributed by atoms with Crippen LogP contribution in [0.3, 0.4) is 0 Å². The first-order chi connectivity index (χ1) is 12.2. The SMILES string of the molecule is CCOC(=O)c1ncsc1-c1ccc([C@@H](N)CN2CCOCC2)cc1. The number of benzene rings is 1. The van der Waals surface area contributed by atoms with Crippen LogP contribution >= 0.6 is 11.3 Å². The summed E-state index contributed by atoms with van der Waals surface area (Å²) in [4.78, 5) is 19.3. The highest BCUT2D eigenvalue weighted by Gasteiger charge is 2.18.